The van der Waals surface area contributed by atoms with Crippen molar-refractivity contribution >= 4 is 48.9 Å². The van der Waals surface area contributed by atoms with Crippen molar-refractivity contribution in [3.63, 3.8) is 0 Å². The molecule has 0 aliphatic carbocycles. The van der Waals surface area contributed by atoms with Gasteiger partial charge in [0.25, 0.3) is 0 Å². The Labute approximate surface area is 121 Å². The SMILES string of the molecule is [Ba+2].[C-]#N.[C-]#N.[C-]#N.[C-]#N.[Cd+2]. The topological polar surface area (TPSA) is 95.2 Å². The van der Waals surface area contributed by atoms with Crippen LogP contribution in [0.3, 0.4) is 0 Å². The normalized spacial score (nSPS) is 0.800. The van der Waals surface area contributed by atoms with E-state index in [4.69, 9.17) is 47.3 Å². The molecule has 6 heteroatoms. The molecule has 0 bridgehead atoms. The van der Waals surface area contributed by atoms with E-state index in [0.717, 1.165) is 0 Å². The van der Waals surface area contributed by atoms with E-state index in [0.29, 0.717) is 0 Å². The fraction of sp³-hybridized carbons (Fsp3) is 0. The average molecular weight is 354 g/mol. The standard InChI is InChI=1S/4CN.Ba.Cd/c4*1-2;;/q4*-1;2*+2. The van der Waals surface area contributed by atoms with Gasteiger partial charge in [0.1, 0.15) is 0 Å². The Hall–Kier alpha value is 0.454. The molecule has 0 N–H and O–H groups in total. The Bertz CT molecular complexity index is 60.2. The van der Waals surface area contributed by atoms with Crippen molar-refractivity contribution in [1.82, 2.24) is 0 Å². The van der Waals surface area contributed by atoms with Gasteiger partial charge in [0.15, 0.2) is 0 Å². The second-order valence-electron chi connectivity index (χ2n) is 0. The second-order valence-corrected chi connectivity index (χ2v) is 0. The third-order valence-electron chi connectivity index (χ3n) is 0. The van der Waals surface area contributed by atoms with Crippen LogP contribution in [0.1, 0.15) is 0 Å². The molecule has 0 heterocycles. The Morgan fingerprint density at radius 3 is 0.500 bits per heavy atom. The van der Waals surface area contributed by atoms with Gasteiger partial charge in [-0.15, -0.1) is 0 Å². The van der Waals surface area contributed by atoms with Crippen LogP contribution in [-0.2, 0) is 27.3 Å². The van der Waals surface area contributed by atoms with Crippen molar-refractivity contribution in [2.45, 2.75) is 0 Å². The zero-order chi connectivity index (χ0) is 8.00. The van der Waals surface area contributed by atoms with Crippen LogP contribution in [0.25, 0.3) is 0 Å². The van der Waals surface area contributed by atoms with Crippen molar-refractivity contribution < 1.29 is 27.3 Å². The molecule has 0 aromatic heterocycles. The number of hydrogen-bond donors (Lipinski definition) is 0. The molecule has 4 nitrogen and oxygen atoms in total. The van der Waals surface area contributed by atoms with Gasteiger partial charge in [-0.2, -0.15) is 0 Å². The van der Waals surface area contributed by atoms with Gasteiger partial charge in [0, 0.05) is 0 Å². The largest absolute Gasteiger partial charge is 2.00 e. The van der Waals surface area contributed by atoms with Gasteiger partial charge >= 0.3 is 76.2 Å². The summed E-state index contributed by atoms with van der Waals surface area (Å²) in [5.41, 5.74) is 0. The minimum Gasteiger partial charge on any atom is -0.512 e. The van der Waals surface area contributed by atoms with Gasteiger partial charge < -0.3 is 47.3 Å². The summed E-state index contributed by atoms with van der Waals surface area (Å²) in [5, 5.41) is 25.0. The Morgan fingerprint density at radius 1 is 0.500 bits per heavy atom. The smallest absolute Gasteiger partial charge is 0.512 e. The maximum atomic E-state index is 6.25. The van der Waals surface area contributed by atoms with Gasteiger partial charge in [-0.3, -0.25) is 0 Å². The van der Waals surface area contributed by atoms with E-state index in [2.05, 4.69) is 0 Å². The Kier molecular flexibility index (Phi) is 15500. The first kappa shape index (κ1) is 47.1. The van der Waals surface area contributed by atoms with Crippen molar-refractivity contribution in [3.05, 3.63) is 26.3 Å². The van der Waals surface area contributed by atoms with Crippen LogP contribution in [0.2, 0.25) is 0 Å². The van der Waals surface area contributed by atoms with Crippen LogP contribution in [0, 0.1) is 47.3 Å². The first-order valence-electron chi connectivity index (χ1n) is 0.894. The fourth-order valence-corrected chi connectivity index (χ4v) is 0. The predicted octanol–water partition coefficient (Wildman–Crippen LogP) is 0.00218. The van der Waals surface area contributed by atoms with E-state index in [-0.39, 0.29) is 76.2 Å². The predicted molar refractivity (Wildman–Crippen MR) is 25.6 cm³/mol. The van der Waals surface area contributed by atoms with Crippen molar-refractivity contribution in [2.75, 3.05) is 0 Å². The van der Waals surface area contributed by atoms with Crippen molar-refractivity contribution in [3.8, 4) is 0 Å². The molecule has 0 amide bonds. The minimum atomic E-state index is 0. The van der Waals surface area contributed by atoms with Gasteiger partial charge in [-0.05, 0) is 0 Å². The van der Waals surface area contributed by atoms with Crippen LogP contribution in [0.15, 0.2) is 0 Å². The van der Waals surface area contributed by atoms with Crippen LogP contribution in [0.4, 0.5) is 0 Å². The molecule has 0 atom stereocenters. The first-order valence-corrected chi connectivity index (χ1v) is 0.894. The summed E-state index contributed by atoms with van der Waals surface area (Å²) in [5.74, 6) is 0. The van der Waals surface area contributed by atoms with E-state index in [1.165, 1.54) is 0 Å². The summed E-state index contributed by atoms with van der Waals surface area (Å²) in [6, 6.07) is 0. The number of nitrogens with zero attached hydrogens (tertiary/aromatic N) is 4. The van der Waals surface area contributed by atoms with Crippen LogP contribution in [0.5, 0.6) is 0 Å². The molecule has 0 radical (unpaired) electrons. The number of hydrogen-bond acceptors (Lipinski definition) is 4. The Morgan fingerprint density at radius 2 is 0.500 bits per heavy atom. The maximum Gasteiger partial charge on any atom is 2.00 e. The molecule has 0 aromatic carbocycles. The molecule has 0 saturated carbocycles. The molecule has 10 heavy (non-hydrogen) atoms. The zero-order valence-electron chi connectivity index (χ0n) is 5.20. The molecule has 0 saturated heterocycles. The summed E-state index contributed by atoms with van der Waals surface area (Å²) in [6.45, 7) is 19.0. The van der Waals surface area contributed by atoms with Gasteiger partial charge in [0.2, 0.25) is 0 Å². The zero-order valence-corrected chi connectivity index (χ0v) is 13.7. The molecule has 0 aliphatic rings. The summed E-state index contributed by atoms with van der Waals surface area (Å²) in [4.78, 5) is 0. The molecule has 40 valence electrons. The van der Waals surface area contributed by atoms with Gasteiger partial charge in [-0.1, -0.05) is 0 Å². The second kappa shape index (κ2) is 3280. The summed E-state index contributed by atoms with van der Waals surface area (Å²) in [6.07, 6.45) is 0. The molecule has 0 unspecified atom stereocenters. The fourth-order valence-electron chi connectivity index (χ4n) is 0. The van der Waals surface area contributed by atoms with Gasteiger partial charge in [0.05, 0.1) is 0 Å². The van der Waals surface area contributed by atoms with E-state index in [1.54, 1.807) is 0 Å². The van der Waals surface area contributed by atoms with E-state index >= 15 is 0 Å². The van der Waals surface area contributed by atoms with Crippen LogP contribution < -0.4 is 0 Å². The third kappa shape index (κ3) is 2280. The van der Waals surface area contributed by atoms with Crippen LogP contribution in [-0.4, -0.2) is 48.9 Å². The van der Waals surface area contributed by atoms with Gasteiger partial charge in [-0.25, -0.2) is 0 Å². The molecule has 0 fully saturated rings. The first-order chi connectivity index (χ1) is 4.00. The molecular weight excluding hydrogens is 354 g/mol. The van der Waals surface area contributed by atoms with E-state index in [9.17, 15) is 0 Å². The van der Waals surface area contributed by atoms with Crippen molar-refractivity contribution in [2.24, 2.45) is 0 Å². The summed E-state index contributed by atoms with van der Waals surface area (Å²) >= 11 is 0. The molecule has 0 rings (SSSR count). The minimum absolute atomic E-state index is 0. The molecular formula is C4BaCdN4. The number of rotatable bonds is 0. The Balaban J connectivity index is -0.00000000500. The summed E-state index contributed by atoms with van der Waals surface area (Å²) < 4.78 is 0. The monoisotopic (exact) mass is 356 g/mol. The molecule has 0 aromatic rings. The molecule has 0 spiro atoms. The quantitative estimate of drug-likeness (QED) is 0.452. The van der Waals surface area contributed by atoms with Crippen LogP contribution >= 0.6 is 0 Å². The van der Waals surface area contributed by atoms with Crippen molar-refractivity contribution in [1.29, 1.82) is 21.0 Å². The average Bonchev–Trinajstić information content (AvgIpc) is 2.03. The third-order valence-corrected chi connectivity index (χ3v) is 0. The van der Waals surface area contributed by atoms with E-state index in [1.807, 2.05) is 0 Å². The maximum absolute atomic E-state index is 6.25. The summed E-state index contributed by atoms with van der Waals surface area (Å²) in [7, 11) is 0. The molecule has 0 aliphatic heterocycles. The van der Waals surface area contributed by atoms with E-state index < -0.39 is 0 Å².